The van der Waals surface area contributed by atoms with Gasteiger partial charge in [0.15, 0.2) is 0 Å². The molecule has 1 aliphatic carbocycles. The van der Waals surface area contributed by atoms with E-state index < -0.39 is 25.2 Å². The molecule has 0 saturated heterocycles. The smallest absolute Gasteiger partial charge is 0.396 e. The van der Waals surface area contributed by atoms with Crippen LogP contribution in [-0.2, 0) is 12.8 Å². The average molecular weight is 273 g/mol. The monoisotopic (exact) mass is 273 g/mol. The SMILES string of the molecule is NCC(COc1ccc2c(c1)CCCC2)C(F)(F)F. The van der Waals surface area contributed by atoms with Crippen LogP contribution in [0.3, 0.4) is 0 Å². The van der Waals surface area contributed by atoms with E-state index in [9.17, 15) is 13.2 Å². The molecule has 19 heavy (non-hydrogen) atoms. The topological polar surface area (TPSA) is 35.2 Å². The van der Waals surface area contributed by atoms with E-state index in [0.29, 0.717) is 5.75 Å². The number of hydrogen-bond donors (Lipinski definition) is 1. The molecule has 1 aromatic rings. The van der Waals surface area contributed by atoms with E-state index in [2.05, 4.69) is 0 Å². The molecule has 0 amide bonds. The largest absolute Gasteiger partial charge is 0.493 e. The van der Waals surface area contributed by atoms with Gasteiger partial charge in [-0.15, -0.1) is 0 Å². The zero-order chi connectivity index (χ0) is 13.9. The van der Waals surface area contributed by atoms with Gasteiger partial charge < -0.3 is 10.5 Å². The van der Waals surface area contributed by atoms with Gasteiger partial charge in [0.1, 0.15) is 18.3 Å². The Kier molecular flexibility index (Phi) is 4.34. The molecule has 0 bridgehead atoms. The van der Waals surface area contributed by atoms with Gasteiger partial charge in [-0.3, -0.25) is 0 Å². The second kappa shape index (κ2) is 5.82. The summed E-state index contributed by atoms with van der Waals surface area (Å²) in [6.07, 6.45) is 0.0274. The summed E-state index contributed by atoms with van der Waals surface area (Å²) < 4.78 is 42.9. The Balaban J connectivity index is 1.99. The van der Waals surface area contributed by atoms with Crippen molar-refractivity contribution >= 4 is 0 Å². The van der Waals surface area contributed by atoms with Gasteiger partial charge in [-0.25, -0.2) is 0 Å². The summed E-state index contributed by atoms with van der Waals surface area (Å²) in [7, 11) is 0. The minimum Gasteiger partial charge on any atom is -0.493 e. The maximum absolute atomic E-state index is 12.5. The Morgan fingerprint density at radius 1 is 1.16 bits per heavy atom. The van der Waals surface area contributed by atoms with Crippen LogP contribution in [0, 0.1) is 5.92 Å². The molecular weight excluding hydrogens is 255 g/mol. The first-order valence-corrected chi connectivity index (χ1v) is 6.52. The summed E-state index contributed by atoms with van der Waals surface area (Å²) >= 11 is 0. The Bertz CT molecular complexity index is 431. The van der Waals surface area contributed by atoms with Gasteiger partial charge in [-0.05, 0) is 48.9 Å². The number of fused-ring (bicyclic) bond motifs is 1. The quantitative estimate of drug-likeness (QED) is 0.915. The standard InChI is InChI=1S/C14H18F3NO/c15-14(16,17)12(8-18)9-19-13-6-5-10-3-1-2-4-11(10)7-13/h5-7,12H,1-4,8-9,18H2. The number of rotatable bonds is 4. The lowest BCUT2D eigenvalue weighted by Crippen LogP contribution is -2.35. The van der Waals surface area contributed by atoms with Crippen molar-refractivity contribution < 1.29 is 17.9 Å². The van der Waals surface area contributed by atoms with Crippen molar-refractivity contribution in [2.45, 2.75) is 31.9 Å². The summed E-state index contributed by atoms with van der Waals surface area (Å²) in [5.41, 5.74) is 7.61. The maximum atomic E-state index is 12.5. The van der Waals surface area contributed by atoms with Crippen LogP contribution < -0.4 is 10.5 Å². The van der Waals surface area contributed by atoms with E-state index in [0.717, 1.165) is 19.3 Å². The lowest BCUT2D eigenvalue weighted by Gasteiger charge is -2.20. The number of halogens is 3. The summed E-state index contributed by atoms with van der Waals surface area (Å²) in [6, 6.07) is 5.56. The van der Waals surface area contributed by atoms with Crippen molar-refractivity contribution in [1.82, 2.24) is 0 Å². The fourth-order valence-corrected chi connectivity index (χ4v) is 2.29. The number of hydrogen-bond acceptors (Lipinski definition) is 2. The predicted octanol–water partition coefficient (Wildman–Crippen LogP) is 3.08. The highest BCUT2D eigenvalue weighted by Gasteiger charge is 2.39. The Labute approximate surface area is 110 Å². The van der Waals surface area contributed by atoms with E-state index in [-0.39, 0.29) is 0 Å². The number of benzene rings is 1. The Morgan fingerprint density at radius 2 is 1.84 bits per heavy atom. The molecule has 1 unspecified atom stereocenters. The summed E-state index contributed by atoms with van der Waals surface area (Å²) in [6.45, 7) is -0.868. The minimum atomic E-state index is -4.30. The van der Waals surface area contributed by atoms with Gasteiger partial charge in [0.25, 0.3) is 0 Å². The molecule has 0 heterocycles. The molecule has 2 nitrogen and oxygen atoms in total. The highest BCUT2D eigenvalue weighted by Crippen LogP contribution is 2.28. The third-order valence-corrected chi connectivity index (χ3v) is 3.52. The third-order valence-electron chi connectivity index (χ3n) is 3.52. The van der Waals surface area contributed by atoms with E-state index in [1.165, 1.54) is 17.5 Å². The predicted molar refractivity (Wildman–Crippen MR) is 67.2 cm³/mol. The first-order valence-electron chi connectivity index (χ1n) is 6.52. The number of nitrogens with two attached hydrogens (primary N) is 1. The fraction of sp³-hybridized carbons (Fsp3) is 0.571. The summed E-state index contributed by atoms with van der Waals surface area (Å²) in [5, 5.41) is 0. The van der Waals surface area contributed by atoms with Crippen molar-refractivity contribution in [1.29, 1.82) is 0 Å². The van der Waals surface area contributed by atoms with E-state index in [4.69, 9.17) is 10.5 Å². The molecule has 106 valence electrons. The summed E-state index contributed by atoms with van der Waals surface area (Å²) in [4.78, 5) is 0. The van der Waals surface area contributed by atoms with Crippen LogP contribution in [0.15, 0.2) is 18.2 Å². The first-order chi connectivity index (χ1) is 9.00. The molecular formula is C14H18F3NO. The molecule has 0 spiro atoms. The number of alkyl halides is 3. The van der Waals surface area contributed by atoms with Crippen LogP contribution in [0.5, 0.6) is 5.75 Å². The van der Waals surface area contributed by atoms with Gasteiger partial charge in [0, 0.05) is 6.54 Å². The van der Waals surface area contributed by atoms with E-state index in [1.807, 2.05) is 12.1 Å². The second-order valence-corrected chi connectivity index (χ2v) is 4.92. The molecule has 2 N–H and O–H groups in total. The van der Waals surface area contributed by atoms with Crippen molar-refractivity contribution in [3.63, 3.8) is 0 Å². The van der Waals surface area contributed by atoms with Gasteiger partial charge in [-0.2, -0.15) is 13.2 Å². The molecule has 1 aromatic carbocycles. The molecule has 0 saturated carbocycles. The van der Waals surface area contributed by atoms with Crippen LogP contribution >= 0.6 is 0 Å². The Hall–Kier alpha value is -1.23. The normalized spacial score (nSPS) is 16.8. The highest BCUT2D eigenvalue weighted by molar-refractivity contribution is 5.37. The van der Waals surface area contributed by atoms with Crippen molar-refractivity contribution in [3.8, 4) is 5.75 Å². The number of ether oxygens (including phenoxy) is 1. The van der Waals surface area contributed by atoms with Gasteiger partial charge in [0.2, 0.25) is 0 Å². The lowest BCUT2D eigenvalue weighted by atomic mass is 9.92. The minimum absolute atomic E-state index is 0.418. The third kappa shape index (κ3) is 3.62. The van der Waals surface area contributed by atoms with Crippen molar-refractivity contribution in [3.05, 3.63) is 29.3 Å². The van der Waals surface area contributed by atoms with E-state index in [1.54, 1.807) is 6.07 Å². The van der Waals surface area contributed by atoms with Crippen LogP contribution in [0.25, 0.3) is 0 Å². The average Bonchev–Trinajstić information content (AvgIpc) is 2.37. The molecule has 0 aliphatic heterocycles. The first kappa shape index (κ1) is 14.2. The van der Waals surface area contributed by atoms with Crippen molar-refractivity contribution in [2.75, 3.05) is 13.2 Å². The fourth-order valence-electron chi connectivity index (χ4n) is 2.29. The van der Waals surface area contributed by atoms with Gasteiger partial charge >= 0.3 is 6.18 Å². The summed E-state index contributed by atoms with van der Waals surface area (Å²) in [5.74, 6) is -1.10. The maximum Gasteiger partial charge on any atom is 0.396 e. The van der Waals surface area contributed by atoms with Gasteiger partial charge in [-0.1, -0.05) is 6.07 Å². The molecule has 5 heteroatoms. The van der Waals surface area contributed by atoms with Crippen molar-refractivity contribution in [2.24, 2.45) is 11.7 Å². The zero-order valence-electron chi connectivity index (χ0n) is 10.7. The van der Waals surface area contributed by atoms with Crippen LogP contribution in [0.4, 0.5) is 13.2 Å². The molecule has 0 fully saturated rings. The van der Waals surface area contributed by atoms with Crippen LogP contribution in [0.1, 0.15) is 24.0 Å². The van der Waals surface area contributed by atoms with Gasteiger partial charge in [0.05, 0.1) is 0 Å². The molecule has 1 aliphatic rings. The molecule has 0 aromatic heterocycles. The van der Waals surface area contributed by atoms with Crippen LogP contribution in [-0.4, -0.2) is 19.3 Å². The second-order valence-electron chi connectivity index (χ2n) is 4.92. The zero-order valence-corrected chi connectivity index (χ0v) is 10.7. The molecule has 0 radical (unpaired) electrons. The lowest BCUT2D eigenvalue weighted by molar-refractivity contribution is -0.178. The number of aryl methyl sites for hydroxylation is 2. The molecule has 2 rings (SSSR count). The highest BCUT2D eigenvalue weighted by atomic mass is 19.4. The molecule has 1 atom stereocenters. The van der Waals surface area contributed by atoms with Crippen LogP contribution in [0.2, 0.25) is 0 Å². The Morgan fingerprint density at radius 3 is 2.47 bits per heavy atom. The van der Waals surface area contributed by atoms with E-state index >= 15 is 0 Å².